The van der Waals surface area contributed by atoms with Crippen LogP contribution in [0.25, 0.3) is 0 Å². The van der Waals surface area contributed by atoms with Crippen molar-refractivity contribution >= 4 is 0 Å². The molecule has 1 N–H and O–H groups in total. The van der Waals surface area contributed by atoms with Gasteiger partial charge in [0, 0.05) is 13.1 Å². The average molecular weight is 243 g/mol. The van der Waals surface area contributed by atoms with Crippen LogP contribution in [0.1, 0.15) is 36.3 Å². The predicted molar refractivity (Wildman–Crippen MR) is 60.8 cm³/mol. The molecule has 1 saturated carbocycles. The number of rotatable bonds is 5. The van der Waals surface area contributed by atoms with Gasteiger partial charge >= 0.3 is 6.18 Å². The minimum absolute atomic E-state index is 0.0114. The van der Waals surface area contributed by atoms with Crippen LogP contribution in [0.5, 0.6) is 0 Å². The molecule has 1 aromatic rings. The van der Waals surface area contributed by atoms with Gasteiger partial charge in [-0.3, -0.25) is 0 Å². The third-order valence-corrected chi connectivity index (χ3v) is 2.97. The normalized spacial score (nSPS) is 16.2. The summed E-state index contributed by atoms with van der Waals surface area (Å²) < 4.78 is 35.9. The standard InChI is InChI=1S/C13H16F3N/c14-13(15,16)7-8-17-9-11-3-1-2-4-12(11)10-5-6-10/h1-4,10,17H,5-9H2. The first-order valence-electron chi connectivity index (χ1n) is 5.91. The Hall–Kier alpha value is -1.03. The lowest BCUT2D eigenvalue weighted by Crippen LogP contribution is -2.21. The van der Waals surface area contributed by atoms with Crippen LogP contribution in [-0.4, -0.2) is 12.7 Å². The molecule has 94 valence electrons. The van der Waals surface area contributed by atoms with Crippen LogP contribution in [0.3, 0.4) is 0 Å². The molecule has 4 heteroatoms. The van der Waals surface area contributed by atoms with Crippen LogP contribution < -0.4 is 5.32 Å². The van der Waals surface area contributed by atoms with Gasteiger partial charge in [-0.15, -0.1) is 0 Å². The predicted octanol–water partition coefficient (Wildman–Crippen LogP) is 3.61. The molecule has 2 rings (SSSR count). The van der Waals surface area contributed by atoms with Crippen molar-refractivity contribution in [2.45, 2.75) is 37.9 Å². The second-order valence-corrected chi connectivity index (χ2v) is 4.52. The van der Waals surface area contributed by atoms with Crippen molar-refractivity contribution in [3.63, 3.8) is 0 Å². The molecule has 0 unspecified atom stereocenters. The van der Waals surface area contributed by atoms with Gasteiger partial charge in [0.1, 0.15) is 0 Å². The summed E-state index contributed by atoms with van der Waals surface area (Å²) in [6.07, 6.45) is -2.42. The maximum atomic E-state index is 12.0. The Bertz CT molecular complexity index is 369. The minimum Gasteiger partial charge on any atom is -0.312 e. The van der Waals surface area contributed by atoms with Crippen LogP contribution in [-0.2, 0) is 6.54 Å². The Labute approximate surface area is 99.0 Å². The van der Waals surface area contributed by atoms with Crippen molar-refractivity contribution in [2.24, 2.45) is 0 Å². The van der Waals surface area contributed by atoms with Gasteiger partial charge in [-0.1, -0.05) is 24.3 Å². The largest absolute Gasteiger partial charge is 0.390 e. The molecule has 1 nitrogen and oxygen atoms in total. The molecular formula is C13H16F3N. The highest BCUT2D eigenvalue weighted by Gasteiger charge is 2.27. The van der Waals surface area contributed by atoms with Gasteiger partial charge in [0.15, 0.2) is 0 Å². The Balaban J connectivity index is 1.82. The second kappa shape index (κ2) is 5.08. The molecule has 0 spiro atoms. The van der Waals surface area contributed by atoms with E-state index in [9.17, 15) is 13.2 Å². The summed E-state index contributed by atoms with van der Waals surface area (Å²) in [5.41, 5.74) is 2.43. The Kier molecular flexibility index (Phi) is 3.72. The fourth-order valence-electron chi connectivity index (χ4n) is 1.94. The van der Waals surface area contributed by atoms with E-state index in [1.54, 1.807) is 0 Å². The highest BCUT2D eigenvalue weighted by Crippen LogP contribution is 2.41. The molecular weight excluding hydrogens is 227 g/mol. The van der Waals surface area contributed by atoms with Crippen LogP contribution in [0.4, 0.5) is 13.2 Å². The first-order valence-corrected chi connectivity index (χ1v) is 5.91. The topological polar surface area (TPSA) is 12.0 Å². The lowest BCUT2D eigenvalue weighted by atomic mass is 10.0. The maximum Gasteiger partial charge on any atom is 0.390 e. The quantitative estimate of drug-likeness (QED) is 0.779. The molecule has 0 aromatic heterocycles. The smallest absolute Gasteiger partial charge is 0.312 e. The lowest BCUT2D eigenvalue weighted by molar-refractivity contribution is -0.133. The summed E-state index contributed by atoms with van der Waals surface area (Å²) in [6.45, 7) is 0.519. The van der Waals surface area contributed by atoms with Gasteiger partial charge in [0.05, 0.1) is 6.42 Å². The molecule has 0 atom stereocenters. The number of hydrogen-bond donors (Lipinski definition) is 1. The van der Waals surface area contributed by atoms with E-state index in [2.05, 4.69) is 11.4 Å². The van der Waals surface area contributed by atoms with Crippen molar-refractivity contribution in [2.75, 3.05) is 6.54 Å². The van der Waals surface area contributed by atoms with Gasteiger partial charge in [-0.05, 0) is 29.9 Å². The number of benzene rings is 1. The summed E-state index contributed by atoms with van der Waals surface area (Å²) >= 11 is 0. The molecule has 0 saturated heterocycles. The van der Waals surface area contributed by atoms with Crippen molar-refractivity contribution in [3.05, 3.63) is 35.4 Å². The van der Waals surface area contributed by atoms with Gasteiger partial charge in [0.25, 0.3) is 0 Å². The fraction of sp³-hybridized carbons (Fsp3) is 0.538. The summed E-state index contributed by atoms with van der Waals surface area (Å²) in [7, 11) is 0. The first-order chi connectivity index (χ1) is 8.06. The van der Waals surface area contributed by atoms with E-state index in [4.69, 9.17) is 0 Å². The van der Waals surface area contributed by atoms with Gasteiger partial charge < -0.3 is 5.32 Å². The monoisotopic (exact) mass is 243 g/mol. The third kappa shape index (κ3) is 4.04. The maximum absolute atomic E-state index is 12.0. The van der Waals surface area contributed by atoms with E-state index in [1.165, 1.54) is 18.4 Å². The van der Waals surface area contributed by atoms with E-state index in [0.29, 0.717) is 12.5 Å². The van der Waals surface area contributed by atoms with Crippen LogP contribution in [0.15, 0.2) is 24.3 Å². The van der Waals surface area contributed by atoms with Gasteiger partial charge in [-0.25, -0.2) is 0 Å². The van der Waals surface area contributed by atoms with E-state index in [0.717, 1.165) is 5.56 Å². The summed E-state index contributed by atoms with van der Waals surface area (Å²) in [5, 5.41) is 2.86. The van der Waals surface area contributed by atoms with Crippen molar-refractivity contribution in [1.29, 1.82) is 0 Å². The number of alkyl halides is 3. The van der Waals surface area contributed by atoms with Crippen molar-refractivity contribution < 1.29 is 13.2 Å². The minimum atomic E-state index is -4.07. The number of halogens is 3. The fourth-order valence-corrected chi connectivity index (χ4v) is 1.94. The van der Waals surface area contributed by atoms with Crippen molar-refractivity contribution in [3.8, 4) is 0 Å². The van der Waals surface area contributed by atoms with E-state index >= 15 is 0 Å². The summed E-state index contributed by atoms with van der Waals surface area (Å²) in [5.74, 6) is 0.635. The highest BCUT2D eigenvalue weighted by atomic mass is 19.4. The molecule has 0 heterocycles. The van der Waals surface area contributed by atoms with Crippen LogP contribution in [0.2, 0.25) is 0 Å². The molecule has 1 aliphatic carbocycles. The van der Waals surface area contributed by atoms with E-state index < -0.39 is 12.6 Å². The van der Waals surface area contributed by atoms with Crippen molar-refractivity contribution in [1.82, 2.24) is 5.32 Å². The summed E-state index contributed by atoms with van der Waals surface area (Å²) in [4.78, 5) is 0. The number of nitrogens with one attached hydrogen (secondary N) is 1. The zero-order valence-corrected chi connectivity index (χ0v) is 9.56. The summed E-state index contributed by atoms with van der Waals surface area (Å²) in [6, 6.07) is 8.01. The Morgan fingerprint density at radius 2 is 1.88 bits per heavy atom. The molecule has 0 radical (unpaired) electrons. The molecule has 1 fully saturated rings. The van der Waals surface area contributed by atoms with Gasteiger partial charge in [0.2, 0.25) is 0 Å². The molecule has 0 aliphatic heterocycles. The van der Waals surface area contributed by atoms with E-state index in [1.807, 2.05) is 18.2 Å². The van der Waals surface area contributed by atoms with Crippen LogP contribution in [0, 0.1) is 0 Å². The average Bonchev–Trinajstić information content (AvgIpc) is 3.07. The first kappa shape index (κ1) is 12.4. The van der Waals surface area contributed by atoms with Crippen LogP contribution >= 0.6 is 0 Å². The SMILES string of the molecule is FC(F)(F)CCNCc1ccccc1C1CC1. The zero-order valence-electron chi connectivity index (χ0n) is 9.56. The second-order valence-electron chi connectivity index (χ2n) is 4.52. The van der Waals surface area contributed by atoms with E-state index in [-0.39, 0.29) is 6.54 Å². The van der Waals surface area contributed by atoms with Gasteiger partial charge in [-0.2, -0.15) is 13.2 Å². The molecule has 0 amide bonds. The molecule has 1 aromatic carbocycles. The lowest BCUT2D eigenvalue weighted by Gasteiger charge is -2.11. The molecule has 1 aliphatic rings. The Morgan fingerprint density at radius 1 is 1.18 bits per heavy atom. The zero-order chi connectivity index (χ0) is 12.3. The Morgan fingerprint density at radius 3 is 2.53 bits per heavy atom. The highest BCUT2D eigenvalue weighted by molar-refractivity contribution is 5.33. The molecule has 17 heavy (non-hydrogen) atoms. The third-order valence-electron chi connectivity index (χ3n) is 2.97. The number of hydrogen-bond acceptors (Lipinski definition) is 1. The molecule has 0 bridgehead atoms.